The van der Waals surface area contributed by atoms with Gasteiger partial charge in [-0.1, -0.05) is 0 Å². The van der Waals surface area contributed by atoms with Gasteiger partial charge in [0.25, 0.3) is 0 Å². The molecule has 0 amide bonds. The van der Waals surface area contributed by atoms with Gasteiger partial charge in [-0.2, -0.15) is 0 Å². The van der Waals surface area contributed by atoms with E-state index in [1.807, 2.05) is 0 Å². The van der Waals surface area contributed by atoms with Crippen LogP contribution in [-0.4, -0.2) is 36.5 Å². The van der Waals surface area contributed by atoms with E-state index >= 15 is 0 Å². The van der Waals surface area contributed by atoms with Crippen LogP contribution in [0.2, 0.25) is 0 Å². The fourth-order valence-electron chi connectivity index (χ4n) is 0.579. The van der Waals surface area contributed by atoms with Crippen molar-refractivity contribution >= 4 is 23.3 Å². The third kappa shape index (κ3) is 3.97. The molecular formula is C5H7O7S-. The van der Waals surface area contributed by atoms with Crippen LogP contribution in [-0.2, 0) is 25.1 Å². The van der Waals surface area contributed by atoms with E-state index in [-0.39, 0.29) is 0 Å². The Bertz CT molecular complexity index is 231. The third-order valence-electron chi connectivity index (χ3n) is 1.19. The first-order chi connectivity index (χ1) is 5.78. The zero-order valence-electron chi connectivity index (χ0n) is 6.55. The van der Waals surface area contributed by atoms with Crippen molar-refractivity contribution in [2.24, 2.45) is 0 Å². The summed E-state index contributed by atoms with van der Waals surface area (Å²) < 4.78 is 24.0. The predicted octanol–water partition coefficient (Wildman–Crippen LogP) is -0.885. The predicted molar refractivity (Wildman–Crippen MR) is 38.3 cm³/mol. The molecule has 2 N–H and O–H groups in total. The normalized spacial score (nSPS) is 17.4. The number of rotatable bonds is 5. The number of aliphatic carboxylic acids is 2. The topological polar surface area (TPSA) is 124 Å². The summed E-state index contributed by atoms with van der Waals surface area (Å²) in [5.74, 6) is -3.12. The Labute approximate surface area is 75.8 Å². The Kier molecular flexibility index (Phi) is 3.98. The van der Waals surface area contributed by atoms with E-state index in [0.29, 0.717) is 0 Å². The molecule has 0 saturated heterocycles. The van der Waals surface area contributed by atoms with Gasteiger partial charge in [0, 0.05) is 0 Å². The van der Waals surface area contributed by atoms with E-state index in [2.05, 4.69) is 4.18 Å². The molecule has 7 nitrogen and oxygen atoms in total. The smallest absolute Gasteiger partial charge is 0.337 e. The van der Waals surface area contributed by atoms with E-state index in [4.69, 9.17) is 10.2 Å². The standard InChI is InChI=1S/C5H8O7S/c1-5(4(8)9,2-3(6)7)12-13(10)11/h2H2,1H3,(H,6,7)(H,8,9)(H,10,11)/p-1. The van der Waals surface area contributed by atoms with Crippen LogP contribution in [0.1, 0.15) is 13.3 Å². The van der Waals surface area contributed by atoms with Crippen LogP contribution < -0.4 is 0 Å². The zero-order chi connectivity index (χ0) is 10.6. The van der Waals surface area contributed by atoms with Gasteiger partial charge in [0.15, 0.2) is 5.60 Å². The lowest BCUT2D eigenvalue weighted by atomic mass is 10.0. The van der Waals surface area contributed by atoms with Gasteiger partial charge >= 0.3 is 11.9 Å². The molecule has 8 heteroatoms. The molecule has 0 heterocycles. The minimum absolute atomic E-state index is 0.860. The lowest BCUT2D eigenvalue weighted by Crippen LogP contribution is -2.41. The highest BCUT2D eigenvalue weighted by Crippen LogP contribution is 2.16. The number of carbonyl (C=O) groups is 2. The second-order valence-electron chi connectivity index (χ2n) is 2.39. The van der Waals surface area contributed by atoms with Gasteiger partial charge < -0.3 is 14.8 Å². The van der Waals surface area contributed by atoms with Crippen LogP contribution in [0.4, 0.5) is 0 Å². The number of carboxylic acid groups (broad SMARTS) is 2. The Morgan fingerprint density at radius 3 is 2.23 bits per heavy atom. The molecule has 0 saturated carbocycles. The summed E-state index contributed by atoms with van der Waals surface area (Å²) in [6.45, 7) is 0.860. The van der Waals surface area contributed by atoms with Crippen LogP contribution in [0.5, 0.6) is 0 Å². The van der Waals surface area contributed by atoms with E-state index in [1.54, 1.807) is 0 Å². The van der Waals surface area contributed by atoms with Gasteiger partial charge in [0.05, 0.1) is 17.8 Å². The highest BCUT2D eigenvalue weighted by atomic mass is 32.2. The van der Waals surface area contributed by atoms with Gasteiger partial charge in [-0.3, -0.25) is 8.98 Å². The van der Waals surface area contributed by atoms with Gasteiger partial charge in [0.2, 0.25) is 0 Å². The molecule has 2 atom stereocenters. The Morgan fingerprint density at radius 2 is 2.00 bits per heavy atom. The molecule has 0 spiro atoms. The van der Waals surface area contributed by atoms with Gasteiger partial charge in [0.1, 0.15) is 0 Å². The second kappa shape index (κ2) is 4.30. The first kappa shape index (κ1) is 12.0. The van der Waals surface area contributed by atoms with Crippen molar-refractivity contribution < 1.29 is 32.7 Å². The monoisotopic (exact) mass is 211 g/mol. The third-order valence-corrected chi connectivity index (χ3v) is 1.70. The molecule has 0 aliphatic carbocycles. The summed E-state index contributed by atoms with van der Waals surface area (Å²) in [4.78, 5) is 20.6. The maximum Gasteiger partial charge on any atom is 0.337 e. The molecular weight excluding hydrogens is 204 g/mol. The number of hydrogen-bond acceptors (Lipinski definition) is 5. The lowest BCUT2D eigenvalue weighted by Gasteiger charge is -2.23. The average Bonchev–Trinajstić information content (AvgIpc) is 1.82. The lowest BCUT2D eigenvalue weighted by molar-refractivity contribution is -0.160. The van der Waals surface area contributed by atoms with Crippen LogP contribution in [0, 0.1) is 0 Å². The molecule has 0 aliphatic rings. The van der Waals surface area contributed by atoms with Crippen molar-refractivity contribution in [2.75, 3.05) is 0 Å². The Hall–Kier alpha value is -0.990. The summed E-state index contributed by atoms with van der Waals surface area (Å²) in [6.07, 6.45) is -0.934. The number of carboxylic acids is 2. The van der Waals surface area contributed by atoms with Crippen molar-refractivity contribution in [3.8, 4) is 0 Å². The second-order valence-corrected chi connectivity index (χ2v) is 2.97. The molecule has 0 aromatic rings. The molecule has 0 aromatic heterocycles. The van der Waals surface area contributed by atoms with Crippen molar-refractivity contribution in [3.05, 3.63) is 0 Å². The Morgan fingerprint density at radius 1 is 1.54 bits per heavy atom. The minimum atomic E-state index is -3.07. The van der Waals surface area contributed by atoms with Crippen LogP contribution in [0.3, 0.4) is 0 Å². The molecule has 0 aromatic carbocycles. The maximum atomic E-state index is 10.4. The molecule has 0 radical (unpaired) electrons. The SMILES string of the molecule is CC(CC(=O)O)(OS(=O)[O-])C(=O)O. The Balaban J connectivity index is 4.62. The average molecular weight is 211 g/mol. The van der Waals surface area contributed by atoms with Crippen LogP contribution >= 0.6 is 0 Å². The summed E-state index contributed by atoms with van der Waals surface area (Å²) >= 11 is -3.07. The highest BCUT2D eigenvalue weighted by Gasteiger charge is 2.38. The molecule has 0 bridgehead atoms. The first-order valence-corrected chi connectivity index (χ1v) is 4.02. The summed E-state index contributed by atoms with van der Waals surface area (Å²) in [5.41, 5.74) is -2.25. The highest BCUT2D eigenvalue weighted by molar-refractivity contribution is 7.74. The molecule has 13 heavy (non-hydrogen) atoms. The van der Waals surface area contributed by atoms with Crippen molar-refractivity contribution in [1.82, 2.24) is 0 Å². The fourth-order valence-corrected chi connectivity index (χ4v) is 1.01. The first-order valence-electron chi connectivity index (χ1n) is 3.02. The van der Waals surface area contributed by atoms with Gasteiger partial charge in [-0.25, -0.2) is 9.00 Å². The fraction of sp³-hybridized carbons (Fsp3) is 0.600. The molecule has 76 valence electrons. The van der Waals surface area contributed by atoms with Crippen LogP contribution in [0.25, 0.3) is 0 Å². The van der Waals surface area contributed by atoms with E-state index in [1.165, 1.54) is 0 Å². The molecule has 0 aliphatic heterocycles. The summed E-state index contributed by atoms with van der Waals surface area (Å²) in [7, 11) is 0. The summed E-state index contributed by atoms with van der Waals surface area (Å²) in [5, 5.41) is 16.7. The van der Waals surface area contributed by atoms with Crippen molar-refractivity contribution in [2.45, 2.75) is 18.9 Å². The van der Waals surface area contributed by atoms with Crippen molar-refractivity contribution in [3.63, 3.8) is 0 Å². The van der Waals surface area contributed by atoms with Crippen molar-refractivity contribution in [1.29, 1.82) is 0 Å². The molecule has 0 rings (SSSR count). The quantitative estimate of drug-likeness (QED) is 0.565. The van der Waals surface area contributed by atoms with E-state index in [9.17, 15) is 18.4 Å². The van der Waals surface area contributed by atoms with Gasteiger partial charge in [-0.05, 0) is 6.92 Å². The van der Waals surface area contributed by atoms with Gasteiger partial charge in [-0.15, -0.1) is 0 Å². The van der Waals surface area contributed by atoms with E-state index in [0.717, 1.165) is 6.92 Å². The molecule has 0 fully saturated rings. The van der Waals surface area contributed by atoms with E-state index < -0.39 is 35.3 Å². The maximum absolute atomic E-state index is 10.4. The molecule has 2 unspecified atom stereocenters. The minimum Gasteiger partial charge on any atom is -0.750 e. The summed E-state index contributed by atoms with van der Waals surface area (Å²) in [6, 6.07) is 0. The number of hydrogen-bond donors (Lipinski definition) is 2. The zero-order valence-corrected chi connectivity index (χ0v) is 7.37. The largest absolute Gasteiger partial charge is 0.750 e. The van der Waals surface area contributed by atoms with Crippen LogP contribution in [0.15, 0.2) is 0 Å².